The van der Waals surface area contributed by atoms with Gasteiger partial charge in [0.05, 0.1) is 12.6 Å². The van der Waals surface area contributed by atoms with Gasteiger partial charge < -0.3 is 0 Å². The van der Waals surface area contributed by atoms with Gasteiger partial charge in [0.1, 0.15) is 0 Å². The Kier molecular flexibility index (Phi) is 9.05. The monoisotopic (exact) mass is 388 g/mol. The Labute approximate surface area is 165 Å². The van der Waals surface area contributed by atoms with Crippen molar-refractivity contribution < 1.29 is 19.2 Å². The van der Waals surface area contributed by atoms with Crippen LogP contribution in [0.3, 0.4) is 0 Å². The third-order valence-corrected chi connectivity index (χ3v) is 5.34. The zero-order valence-corrected chi connectivity index (χ0v) is 16.9. The molecule has 0 heterocycles. The summed E-state index contributed by atoms with van der Waals surface area (Å²) in [5, 5.41) is 0. The van der Waals surface area contributed by atoms with E-state index in [0.29, 0.717) is 19.4 Å². The number of carbonyl (C=O) groups excluding carboxylic acids is 4. The Morgan fingerprint density at radius 3 is 1.93 bits per heavy atom. The van der Waals surface area contributed by atoms with Crippen LogP contribution in [-0.2, 0) is 19.2 Å². The fraction of sp³-hybridized carbons (Fsp3) is 0.800. The SMILES string of the molecule is CC1(C)CC(N=C=O)CC(C)(CN=C=O)C1.O=C=NC1(N=C=O)CCCCC1. The van der Waals surface area contributed by atoms with E-state index in [1.54, 1.807) is 12.2 Å². The third kappa shape index (κ3) is 7.64. The molecule has 0 spiro atoms. The van der Waals surface area contributed by atoms with Gasteiger partial charge >= 0.3 is 0 Å². The molecule has 2 aliphatic carbocycles. The Bertz CT molecular complexity index is 698. The van der Waals surface area contributed by atoms with Crippen LogP contribution in [0, 0.1) is 10.8 Å². The van der Waals surface area contributed by atoms with Crippen molar-refractivity contribution in [1.29, 1.82) is 0 Å². The Hall–Kier alpha value is -2.48. The van der Waals surface area contributed by atoms with E-state index in [2.05, 4.69) is 40.7 Å². The Morgan fingerprint density at radius 1 is 0.821 bits per heavy atom. The van der Waals surface area contributed by atoms with Crippen LogP contribution in [0.15, 0.2) is 20.0 Å². The molecule has 0 N–H and O–H groups in total. The van der Waals surface area contributed by atoms with E-state index in [1.165, 1.54) is 12.2 Å². The maximum absolute atomic E-state index is 10.3. The van der Waals surface area contributed by atoms with E-state index < -0.39 is 5.66 Å². The van der Waals surface area contributed by atoms with Crippen LogP contribution in [0.5, 0.6) is 0 Å². The number of rotatable bonds is 5. The lowest BCUT2D eigenvalue weighted by atomic mass is 9.63. The van der Waals surface area contributed by atoms with Crippen molar-refractivity contribution in [2.75, 3.05) is 6.54 Å². The number of nitrogens with zero attached hydrogens (tertiary/aromatic N) is 4. The molecule has 0 aromatic heterocycles. The fourth-order valence-corrected chi connectivity index (χ4v) is 4.62. The van der Waals surface area contributed by atoms with Gasteiger partial charge in [0.25, 0.3) is 0 Å². The van der Waals surface area contributed by atoms with E-state index in [0.717, 1.165) is 38.5 Å². The van der Waals surface area contributed by atoms with Crippen LogP contribution in [0.4, 0.5) is 0 Å². The highest BCUT2D eigenvalue weighted by Gasteiger charge is 2.41. The summed E-state index contributed by atoms with van der Waals surface area (Å²) in [7, 11) is 0. The largest absolute Gasteiger partial charge is 0.237 e. The van der Waals surface area contributed by atoms with Crippen molar-refractivity contribution in [1.82, 2.24) is 0 Å². The van der Waals surface area contributed by atoms with E-state index in [4.69, 9.17) is 0 Å². The molecule has 152 valence electrons. The summed E-state index contributed by atoms with van der Waals surface area (Å²) in [6, 6.07) is 0.00750. The predicted molar refractivity (Wildman–Crippen MR) is 103 cm³/mol. The van der Waals surface area contributed by atoms with Crippen LogP contribution in [0.1, 0.15) is 72.1 Å². The summed E-state index contributed by atoms with van der Waals surface area (Å²) in [4.78, 5) is 55.3. The molecular formula is C20H28N4O4. The standard InChI is InChI=1S/C12H18N2O2.C8H10N2O2/c1-11(2)4-10(14-9-16)5-12(3,6-11)7-13-8-15;11-6-9-8(10-7-12)4-2-1-3-5-8/h10H,4-7H2,1-3H3;1-5H2. The van der Waals surface area contributed by atoms with E-state index in [1.807, 2.05) is 0 Å². The summed E-state index contributed by atoms with van der Waals surface area (Å²) >= 11 is 0. The molecule has 0 aliphatic heterocycles. The molecule has 8 nitrogen and oxygen atoms in total. The van der Waals surface area contributed by atoms with Gasteiger partial charge in [-0.05, 0) is 55.8 Å². The number of hydrogen-bond donors (Lipinski definition) is 0. The average Bonchev–Trinajstić information content (AvgIpc) is 2.60. The third-order valence-electron chi connectivity index (χ3n) is 5.34. The minimum absolute atomic E-state index is 0.00750. The van der Waals surface area contributed by atoms with Gasteiger partial charge in [0.15, 0.2) is 5.66 Å². The molecular weight excluding hydrogens is 360 g/mol. The van der Waals surface area contributed by atoms with E-state index in [9.17, 15) is 19.2 Å². The van der Waals surface area contributed by atoms with Gasteiger partial charge in [-0.25, -0.2) is 29.2 Å². The Balaban J connectivity index is 0.000000292. The molecule has 0 bridgehead atoms. The fourth-order valence-electron chi connectivity index (χ4n) is 4.62. The van der Waals surface area contributed by atoms with Gasteiger partial charge in [0.2, 0.25) is 24.3 Å². The second-order valence-corrected chi connectivity index (χ2v) is 8.79. The van der Waals surface area contributed by atoms with Crippen molar-refractivity contribution in [2.45, 2.75) is 83.8 Å². The predicted octanol–water partition coefficient (Wildman–Crippen LogP) is 3.56. The van der Waals surface area contributed by atoms with Crippen LogP contribution >= 0.6 is 0 Å². The smallest absolute Gasteiger partial charge is 0.211 e. The first-order valence-electron chi connectivity index (χ1n) is 9.52. The van der Waals surface area contributed by atoms with Crippen LogP contribution in [-0.4, -0.2) is 42.6 Å². The van der Waals surface area contributed by atoms with Crippen LogP contribution in [0.2, 0.25) is 0 Å². The molecule has 2 unspecified atom stereocenters. The van der Waals surface area contributed by atoms with Crippen molar-refractivity contribution in [3.8, 4) is 0 Å². The molecule has 0 aromatic carbocycles. The first-order chi connectivity index (χ1) is 13.2. The second-order valence-electron chi connectivity index (χ2n) is 8.79. The second kappa shape index (κ2) is 10.8. The summed E-state index contributed by atoms with van der Waals surface area (Å²) < 4.78 is 0. The number of aliphatic imine (C=N–C) groups is 4. The van der Waals surface area contributed by atoms with Crippen molar-refractivity contribution in [3.05, 3.63) is 0 Å². The minimum atomic E-state index is -0.818. The lowest BCUT2D eigenvalue weighted by Gasteiger charge is -2.44. The van der Waals surface area contributed by atoms with Gasteiger partial charge in [-0.1, -0.05) is 27.2 Å². The normalized spacial score (nSPS) is 27.2. The lowest BCUT2D eigenvalue weighted by Crippen LogP contribution is -2.39. The first kappa shape index (κ1) is 23.6. The molecule has 2 atom stereocenters. The molecule has 0 radical (unpaired) electrons. The van der Waals surface area contributed by atoms with Crippen molar-refractivity contribution in [2.24, 2.45) is 30.8 Å². The topological polar surface area (TPSA) is 118 Å². The number of isocyanates is 4. The summed E-state index contributed by atoms with van der Waals surface area (Å²) in [6.45, 7) is 6.86. The summed E-state index contributed by atoms with van der Waals surface area (Å²) in [6.07, 6.45) is 13.2. The molecule has 2 aliphatic rings. The minimum Gasteiger partial charge on any atom is -0.211 e. The van der Waals surface area contributed by atoms with Crippen LogP contribution < -0.4 is 0 Å². The molecule has 8 heteroatoms. The highest BCUT2D eigenvalue weighted by atomic mass is 16.1. The molecule has 0 aromatic rings. The molecule has 2 saturated carbocycles. The van der Waals surface area contributed by atoms with Crippen LogP contribution in [0.25, 0.3) is 0 Å². The van der Waals surface area contributed by atoms with Gasteiger partial charge in [-0.15, -0.1) is 0 Å². The summed E-state index contributed by atoms with van der Waals surface area (Å²) in [5.74, 6) is 0. The number of hydrogen-bond acceptors (Lipinski definition) is 8. The molecule has 28 heavy (non-hydrogen) atoms. The average molecular weight is 388 g/mol. The maximum Gasteiger partial charge on any atom is 0.237 e. The molecule has 0 amide bonds. The molecule has 2 fully saturated rings. The summed E-state index contributed by atoms with van der Waals surface area (Å²) in [5.41, 5.74) is -0.762. The highest BCUT2D eigenvalue weighted by Crippen LogP contribution is 2.47. The van der Waals surface area contributed by atoms with E-state index >= 15 is 0 Å². The van der Waals surface area contributed by atoms with Crippen molar-refractivity contribution >= 4 is 24.3 Å². The zero-order valence-electron chi connectivity index (χ0n) is 16.9. The maximum atomic E-state index is 10.3. The van der Waals surface area contributed by atoms with Crippen molar-refractivity contribution in [3.63, 3.8) is 0 Å². The van der Waals surface area contributed by atoms with E-state index in [-0.39, 0.29) is 16.9 Å². The zero-order chi connectivity index (χ0) is 21.1. The highest BCUT2D eigenvalue weighted by molar-refractivity contribution is 5.39. The first-order valence-corrected chi connectivity index (χ1v) is 9.52. The van der Waals surface area contributed by atoms with Gasteiger partial charge in [-0.2, -0.15) is 9.98 Å². The van der Waals surface area contributed by atoms with Gasteiger partial charge in [0, 0.05) is 0 Å². The Morgan fingerprint density at radius 2 is 1.43 bits per heavy atom. The molecule has 2 rings (SSSR count). The molecule has 0 saturated heterocycles. The lowest BCUT2D eigenvalue weighted by molar-refractivity contribution is 0.0915. The van der Waals surface area contributed by atoms with Gasteiger partial charge in [-0.3, -0.25) is 0 Å². The quantitative estimate of drug-likeness (QED) is 0.528.